The van der Waals surface area contributed by atoms with Gasteiger partial charge in [-0.15, -0.1) is 5.10 Å². The summed E-state index contributed by atoms with van der Waals surface area (Å²) in [5.74, 6) is 0.803. The zero-order valence-corrected chi connectivity index (χ0v) is 16.4. The molecular weight excluding hydrogens is 380 g/mol. The quantitative estimate of drug-likeness (QED) is 0.333. The maximum Gasteiger partial charge on any atom is 0.209 e. The van der Waals surface area contributed by atoms with Crippen molar-refractivity contribution in [2.24, 2.45) is 0 Å². The fourth-order valence-electron chi connectivity index (χ4n) is 2.18. The van der Waals surface area contributed by atoms with Gasteiger partial charge in [0, 0.05) is 17.0 Å². The van der Waals surface area contributed by atoms with Crippen LogP contribution in [0.5, 0.6) is 0 Å². The molecule has 0 bridgehead atoms. The molecule has 0 amide bonds. The van der Waals surface area contributed by atoms with E-state index in [1.165, 1.54) is 5.56 Å². The van der Waals surface area contributed by atoms with Gasteiger partial charge >= 0.3 is 0 Å². The van der Waals surface area contributed by atoms with Gasteiger partial charge in [-0.25, -0.2) is 4.98 Å². The Morgan fingerprint density at radius 3 is 2.59 bits per heavy atom. The first kappa shape index (κ1) is 19.4. The van der Waals surface area contributed by atoms with Gasteiger partial charge in [0.15, 0.2) is 0 Å². The number of aryl methyl sites for hydroxylation is 1. The number of rotatable bonds is 8. The van der Waals surface area contributed by atoms with Crippen LogP contribution < -0.4 is 5.48 Å². The minimum Gasteiger partial charge on any atom is -0.274 e. The Balaban J connectivity index is 1.51. The lowest BCUT2D eigenvalue weighted by Crippen LogP contribution is -2.06. The molecule has 0 aliphatic heterocycles. The molecule has 0 atom stereocenters. The number of nitrogens with one attached hydrogen (secondary N) is 1. The van der Waals surface area contributed by atoms with E-state index in [9.17, 15) is 0 Å². The molecule has 2 aromatic carbocycles. The first-order chi connectivity index (χ1) is 13.2. The Hall–Kier alpha value is -2.41. The van der Waals surface area contributed by atoms with Gasteiger partial charge in [-0.3, -0.25) is 10.3 Å². The van der Waals surface area contributed by atoms with E-state index >= 15 is 0 Å². The summed E-state index contributed by atoms with van der Waals surface area (Å²) in [6, 6.07) is 17.7. The summed E-state index contributed by atoms with van der Waals surface area (Å²) in [5, 5.41) is 9.68. The van der Waals surface area contributed by atoms with Gasteiger partial charge < -0.3 is 0 Å². The largest absolute Gasteiger partial charge is 0.274 e. The molecule has 0 fully saturated rings. The molecule has 0 unspecified atom stereocenters. The third kappa shape index (κ3) is 6.36. The van der Waals surface area contributed by atoms with E-state index in [1.54, 1.807) is 18.0 Å². The highest BCUT2D eigenvalue weighted by atomic mass is 35.5. The molecule has 3 aromatic rings. The van der Waals surface area contributed by atoms with Gasteiger partial charge in [0.2, 0.25) is 5.16 Å². The van der Waals surface area contributed by atoms with Crippen LogP contribution in [0.25, 0.3) is 6.08 Å². The second-order valence-electron chi connectivity index (χ2n) is 5.71. The molecule has 0 spiro atoms. The number of hydrogen-bond donors (Lipinski definition) is 1. The summed E-state index contributed by atoms with van der Waals surface area (Å²) in [6.45, 7) is 2.31. The van der Waals surface area contributed by atoms with Crippen LogP contribution in [-0.2, 0) is 17.2 Å². The number of hydroxylamine groups is 1. The van der Waals surface area contributed by atoms with Gasteiger partial charge in [0.05, 0.1) is 18.0 Å². The van der Waals surface area contributed by atoms with E-state index in [0.717, 1.165) is 22.7 Å². The molecule has 27 heavy (non-hydrogen) atoms. The molecule has 1 heterocycles. The van der Waals surface area contributed by atoms with Crippen molar-refractivity contribution in [1.29, 1.82) is 0 Å². The van der Waals surface area contributed by atoms with Gasteiger partial charge in [-0.1, -0.05) is 65.8 Å². The topological polar surface area (TPSA) is 59.9 Å². The summed E-state index contributed by atoms with van der Waals surface area (Å²) in [6.07, 6.45) is 3.51. The molecule has 0 aliphatic carbocycles. The van der Waals surface area contributed by atoms with E-state index in [-0.39, 0.29) is 0 Å². The van der Waals surface area contributed by atoms with E-state index in [4.69, 9.17) is 16.4 Å². The van der Waals surface area contributed by atoms with Crippen molar-refractivity contribution in [3.8, 4) is 0 Å². The summed E-state index contributed by atoms with van der Waals surface area (Å²) in [4.78, 5) is 9.95. The van der Waals surface area contributed by atoms with Gasteiger partial charge in [-0.2, -0.15) is 5.10 Å². The minimum absolute atomic E-state index is 0.431. The van der Waals surface area contributed by atoms with E-state index in [2.05, 4.69) is 32.8 Å². The lowest BCUT2D eigenvalue weighted by molar-refractivity contribution is 0.0581. The highest BCUT2D eigenvalue weighted by Crippen LogP contribution is 2.19. The molecule has 7 heteroatoms. The van der Waals surface area contributed by atoms with E-state index in [1.807, 2.05) is 55.5 Å². The molecule has 3 rings (SSSR count). The van der Waals surface area contributed by atoms with Crippen molar-refractivity contribution in [2.75, 3.05) is 0 Å². The Bertz CT molecular complexity index is 888. The Morgan fingerprint density at radius 2 is 1.81 bits per heavy atom. The first-order valence-corrected chi connectivity index (χ1v) is 9.73. The molecule has 0 saturated carbocycles. The molecule has 1 aromatic heterocycles. The lowest BCUT2D eigenvalue weighted by Gasteiger charge is -2.04. The molecule has 5 nitrogen and oxygen atoms in total. The second kappa shape index (κ2) is 10.1. The Morgan fingerprint density at radius 1 is 1.04 bits per heavy atom. The van der Waals surface area contributed by atoms with Crippen LogP contribution >= 0.6 is 23.4 Å². The summed E-state index contributed by atoms with van der Waals surface area (Å²) >= 11 is 7.42. The smallest absolute Gasteiger partial charge is 0.209 e. The van der Waals surface area contributed by atoms with Gasteiger partial charge in [0.1, 0.15) is 0 Å². The summed E-state index contributed by atoms with van der Waals surface area (Å²) < 4.78 is 0. The van der Waals surface area contributed by atoms with E-state index < -0.39 is 0 Å². The van der Waals surface area contributed by atoms with Crippen molar-refractivity contribution in [3.05, 3.63) is 88.3 Å². The van der Waals surface area contributed by atoms with Crippen LogP contribution in [0.4, 0.5) is 0 Å². The molecule has 0 saturated heterocycles. The van der Waals surface area contributed by atoms with Crippen LogP contribution in [0, 0.1) is 6.92 Å². The van der Waals surface area contributed by atoms with E-state index in [0.29, 0.717) is 16.8 Å². The molecule has 0 aliphatic rings. The fraction of sp³-hybridized carbons (Fsp3) is 0.150. The average Bonchev–Trinajstić information content (AvgIpc) is 2.70. The highest BCUT2D eigenvalue weighted by Gasteiger charge is 2.04. The number of nitrogens with zero attached hydrogens (tertiary/aromatic N) is 3. The van der Waals surface area contributed by atoms with Crippen LogP contribution in [0.3, 0.4) is 0 Å². The monoisotopic (exact) mass is 398 g/mol. The fourth-order valence-corrected chi connectivity index (χ4v) is 3.06. The number of hydrogen-bond acceptors (Lipinski definition) is 6. The molecular formula is C20H19ClN4OS. The zero-order valence-electron chi connectivity index (χ0n) is 14.8. The summed E-state index contributed by atoms with van der Waals surface area (Å²) in [5.41, 5.74) is 6.56. The molecule has 0 radical (unpaired) electrons. The first-order valence-electron chi connectivity index (χ1n) is 8.37. The second-order valence-corrected chi connectivity index (χ2v) is 7.08. The van der Waals surface area contributed by atoms with Crippen molar-refractivity contribution in [1.82, 2.24) is 20.7 Å². The number of thioether (sulfide) groups is 1. The molecule has 138 valence electrons. The van der Waals surface area contributed by atoms with Gasteiger partial charge in [0.25, 0.3) is 0 Å². The lowest BCUT2D eigenvalue weighted by atomic mass is 10.2. The third-order valence-electron chi connectivity index (χ3n) is 3.63. The normalized spacial score (nSPS) is 11.0. The Kier molecular flexibility index (Phi) is 7.21. The number of benzene rings is 2. The van der Waals surface area contributed by atoms with Crippen LogP contribution in [0.15, 0.2) is 66.0 Å². The van der Waals surface area contributed by atoms with Crippen molar-refractivity contribution >= 4 is 29.4 Å². The molecule has 1 N–H and O–H groups in total. The number of halogens is 1. The predicted octanol–water partition coefficient (Wildman–Crippen LogP) is 4.82. The van der Waals surface area contributed by atoms with Crippen molar-refractivity contribution in [2.45, 2.75) is 24.4 Å². The van der Waals surface area contributed by atoms with Crippen LogP contribution in [-0.4, -0.2) is 15.2 Å². The summed E-state index contributed by atoms with van der Waals surface area (Å²) in [7, 11) is 0. The third-order valence-corrected chi connectivity index (χ3v) is 4.79. The SMILES string of the molecule is Cc1nnc(SCc2ccccc2)nc1/C=C/NOCc1ccc(Cl)cc1. The maximum absolute atomic E-state index is 5.86. The number of aromatic nitrogens is 3. The van der Waals surface area contributed by atoms with Crippen molar-refractivity contribution < 1.29 is 4.84 Å². The average molecular weight is 399 g/mol. The minimum atomic E-state index is 0.431. The predicted molar refractivity (Wildman–Crippen MR) is 109 cm³/mol. The van der Waals surface area contributed by atoms with Crippen molar-refractivity contribution in [3.63, 3.8) is 0 Å². The van der Waals surface area contributed by atoms with Crippen LogP contribution in [0.1, 0.15) is 22.5 Å². The van der Waals surface area contributed by atoms with Gasteiger partial charge in [-0.05, 0) is 36.3 Å². The highest BCUT2D eigenvalue weighted by molar-refractivity contribution is 7.98. The Labute approximate surface area is 167 Å². The standard InChI is InChI=1S/C20H19ClN4OS/c1-15-19(11-12-22-26-13-16-7-9-18(21)10-8-16)23-20(25-24-15)27-14-17-5-3-2-4-6-17/h2-12,22H,13-14H2,1H3/b12-11+. The maximum atomic E-state index is 5.86. The zero-order chi connectivity index (χ0) is 18.9. The van der Waals surface area contributed by atoms with Crippen LogP contribution in [0.2, 0.25) is 5.02 Å².